The van der Waals surface area contributed by atoms with Crippen LogP contribution in [-0.2, 0) is 14.3 Å². The monoisotopic (exact) mass is 172 g/mol. The van der Waals surface area contributed by atoms with Crippen LogP contribution in [-0.4, -0.2) is 26.3 Å². The zero-order valence-electron chi connectivity index (χ0n) is 7.71. The molecule has 70 valence electrons. The maximum Gasteiger partial charge on any atom is 0.308 e. The minimum Gasteiger partial charge on any atom is -0.469 e. The van der Waals surface area contributed by atoms with Crippen LogP contribution < -0.4 is 0 Å². The standard InChI is InChI=1S/C9H16O3/c1-11-8-5-3-4-7(6-8)9(10)12-2/h7-8H,3-6H2,1-2H3/t7-,8-/m0/s1. The van der Waals surface area contributed by atoms with Crippen molar-refractivity contribution in [3.8, 4) is 0 Å². The Morgan fingerprint density at radius 2 is 2.08 bits per heavy atom. The zero-order chi connectivity index (χ0) is 8.97. The van der Waals surface area contributed by atoms with E-state index in [1.165, 1.54) is 7.11 Å². The van der Waals surface area contributed by atoms with Crippen LogP contribution in [0, 0.1) is 5.92 Å². The highest BCUT2D eigenvalue weighted by Gasteiger charge is 2.27. The van der Waals surface area contributed by atoms with Gasteiger partial charge in [0.05, 0.1) is 19.1 Å². The fourth-order valence-corrected chi connectivity index (χ4v) is 1.74. The van der Waals surface area contributed by atoms with Gasteiger partial charge in [0, 0.05) is 7.11 Å². The largest absolute Gasteiger partial charge is 0.469 e. The Balaban J connectivity index is 2.40. The van der Waals surface area contributed by atoms with Crippen molar-refractivity contribution in [2.75, 3.05) is 14.2 Å². The van der Waals surface area contributed by atoms with Crippen molar-refractivity contribution >= 4 is 5.97 Å². The normalized spacial score (nSPS) is 29.8. The molecule has 0 heterocycles. The van der Waals surface area contributed by atoms with Gasteiger partial charge in [-0.05, 0) is 19.3 Å². The Kier molecular flexibility index (Phi) is 3.53. The third-order valence-electron chi connectivity index (χ3n) is 2.49. The first-order chi connectivity index (χ1) is 5.77. The van der Waals surface area contributed by atoms with Crippen molar-refractivity contribution in [3.05, 3.63) is 0 Å². The van der Waals surface area contributed by atoms with Gasteiger partial charge >= 0.3 is 5.97 Å². The van der Waals surface area contributed by atoms with Crippen LogP contribution >= 0.6 is 0 Å². The van der Waals surface area contributed by atoms with E-state index in [-0.39, 0.29) is 18.0 Å². The molecule has 1 saturated carbocycles. The summed E-state index contributed by atoms with van der Waals surface area (Å²) < 4.78 is 9.90. The summed E-state index contributed by atoms with van der Waals surface area (Å²) in [6, 6.07) is 0. The molecule has 0 aromatic heterocycles. The number of methoxy groups -OCH3 is 2. The van der Waals surface area contributed by atoms with E-state index in [4.69, 9.17) is 4.74 Å². The Morgan fingerprint density at radius 1 is 1.33 bits per heavy atom. The third-order valence-corrected chi connectivity index (χ3v) is 2.49. The average molecular weight is 172 g/mol. The number of ether oxygens (including phenoxy) is 2. The third kappa shape index (κ3) is 2.21. The smallest absolute Gasteiger partial charge is 0.308 e. The molecule has 2 atom stereocenters. The van der Waals surface area contributed by atoms with Crippen molar-refractivity contribution in [3.63, 3.8) is 0 Å². The van der Waals surface area contributed by atoms with Crippen LogP contribution in [0.3, 0.4) is 0 Å². The molecule has 0 aromatic rings. The number of rotatable bonds is 2. The summed E-state index contributed by atoms with van der Waals surface area (Å²) in [5, 5.41) is 0. The Bertz CT molecular complexity index is 156. The molecular formula is C9H16O3. The molecule has 0 unspecified atom stereocenters. The first-order valence-corrected chi connectivity index (χ1v) is 4.38. The fraction of sp³-hybridized carbons (Fsp3) is 0.889. The molecule has 1 fully saturated rings. The molecule has 3 heteroatoms. The van der Waals surface area contributed by atoms with Gasteiger partial charge in [-0.1, -0.05) is 6.42 Å². The van der Waals surface area contributed by atoms with Gasteiger partial charge < -0.3 is 9.47 Å². The predicted molar refractivity (Wildman–Crippen MR) is 44.8 cm³/mol. The molecule has 12 heavy (non-hydrogen) atoms. The number of hydrogen-bond acceptors (Lipinski definition) is 3. The summed E-state index contributed by atoms with van der Waals surface area (Å²) in [5.41, 5.74) is 0. The van der Waals surface area contributed by atoms with E-state index in [9.17, 15) is 4.79 Å². The van der Waals surface area contributed by atoms with E-state index in [2.05, 4.69) is 4.74 Å². The summed E-state index contributed by atoms with van der Waals surface area (Å²) in [4.78, 5) is 11.2. The number of carbonyl (C=O) groups is 1. The molecule has 1 aliphatic rings. The van der Waals surface area contributed by atoms with Crippen LogP contribution in [0.4, 0.5) is 0 Å². The van der Waals surface area contributed by atoms with Crippen molar-refractivity contribution in [1.29, 1.82) is 0 Å². The summed E-state index contributed by atoms with van der Waals surface area (Å²) in [7, 11) is 3.14. The summed E-state index contributed by atoms with van der Waals surface area (Å²) in [6.45, 7) is 0. The van der Waals surface area contributed by atoms with Crippen molar-refractivity contribution < 1.29 is 14.3 Å². The van der Waals surface area contributed by atoms with Gasteiger partial charge in [0.25, 0.3) is 0 Å². The predicted octanol–water partition coefficient (Wildman–Crippen LogP) is 1.36. The molecule has 3 nitrogen and oxygen atoms in total. The first-order valence-electron chi connectivity index (χ1n) is 4.38. The van der Waals surface area contributed by atoms with Crippen LogP contribution in [0.15, 0.2) is 0 Å². The van der Waals surface area contributed by atoms with Crippen molar-refractivity contribution in [1.82, 2.24) is 0 Å². The minimum absolute atomic E-state index is 0.0636. The quantitative estimate of drug-likeness (QED) is 0.590. The van der Waals surface area contributed by atoms with E-state index in [1.54, 1.807) is 7.11 Å². The molecule has 0 amide bonds. The average Bonchev–Trinajstić information content (AvgIpc) is 2.17. The van der Waals surface area contributed by atoms with E-state index in [0.29, 0.717) is 0 Å². The van der Waals surface area contributed by atoms with Gasteiger partial charge in [-0.25, -0.2) is 0 Å². The van der Waals surface area contributed by atoms with Gasteiger partial charge in [-0.15, -0.1) is 0 Å². The summed E-state index contributed by atoms with van der Waals surface area (Å²) in [6.07, 6.45) is 4.17. The lowest BCUT2D eigenvalue weighted by Gasteiger charge is -2.26. The van der Waals surface area contributed by atoms with Crippen molar-refractivity contribution in [2.45, 2.75) is 31.8 Å². The Morgan fingerprint density at radius 3 is 2.67 bits per heavy atom. The molecule has 0 saturated heterocycles. The molecule has 0 aliphatic heterocycles. The van der Waals surface area contributed by atoms with E-state index < -0.39 is 0 Å². The molecule has 0 spiro atoms. The van der Waals surface area contributed by atoms with Gasteiger partial charge in [0.15, 0.2) is 0 Å². The molecular weight excluding hydrogens is 156 g/mol. The SMILES string of the molecule is COC(=O)[C@H]1CCC[C@H](OC)C1. The van der Waals surface area contributed by atoms with Crippen molar-refractivity contribution in [2.24, 2.45) is 5.92 Å². The molecule has 0 bridgehead atoms. The molecule has 0 N–H and O–H groups in total. The minimum atomic E-state index is -0.0863. The van der Waals surface area contributed by atoms with Gasteiger partial charge in [0.1, 0.15) is 0 Å². The number of esters is 1. The molecule has 0 aromatic carbocycles. The van der Waals surface area contributed by atoms with Gasteiger partial charge in [-0.3, -0.25) is 4.79 Å². The van der Waals surface area contributed by atoms with Gasteiger partial charge in [-0.2, -0.15) is 0 Å². The molecule has 0 radical (unpaired) electrons. The maximum atomic E-state index is 11.2. The Hall–Kier alpha value is -0.570. The highest BCUT2D eigenvalue weighted by molar-refractivity contribution is 5.72. The number of hydrogen-bond donors (Lipinski definition) is 0. The zero-order valence-corrected chi connectivity index (χ0v) is 7.71. The lowest BCUT2D eigenvalue weighted by Crippen LogP contribution is -2.27. The summed E-state index contributed by atoms with van der Waals surface area (Å²) in [5.74, 6) is -0.0227. The second-order valence-corrected chi connectivity index (χ2v) is 3.24. The highest BCUT2D eigenvalue weighted by Crippen LogP contribution is 2.26. The molecule has 1 rings (SSSR count). The lowest BCUT2D eigenvalue weighted by molar-refractivity contribution is -0.148. The summed E-state index contributed by atoms with van der Waals surface area (Å²) >= 11 is 0. The van der Waals surface area contributed by atoms with Gasteiger partial charge in [0.2, 0.25) is 0 Å². The van der Waals surface area contributed by atoms with Crippen LogP contribution in [0.1, 0.15) is 25.7 Å². The lowest BCUT2D eigenvalue weighted by atomic mass is 9.87. The number of carbonyl (C=O) groups excluding carboxylic acids is 1. The Labute approximate surface area is 73.0 Å². The van der Waals surface area contributed by atoms with E-state index >= 15 is 0 Å². The van der Waals surface area contributed by atoms with E-state index in [1.807, 2.05) is 0 Å². The topological polar surface area (TPSA) is 35.5 Å². The van der Waals surface area contributed by atoms with Crippen LogP contribution in [0.5, 0.6) is 0 Å². The highest BCUT2D eigenvalue weighted by atomic mass is 16.5. The van der Waals surface area contributed by atoms with E-state index in [0.717, 1.165) is 25.7 Å². The second kappa shape index (κ2) is 4.45. The van der Waals surface area contributed by atoms with Crippen LogP contribution in [0.25, 0.3) is 0 Å². The molecule has 1 aliphatic carbocycles. The maximum absolute atomic E-state index is 11.2. The fourth-order valence-electron chi connectivity index (χ4n) is 1.74. The first kappa shape index (κ1) is 9.52. The second-order valence-electron chi connectivity index (χ2n) is 3.24. The van der Waals surface area contributed by atoms with Crippen LogP contribution in [0.2, 0.25) is 0 Å².